The SMILES string of the molecule is CCCCCCc1ccc(-c2c3nc(c(-c4ccc(CCCCCC)s4)c4ccc([nH]4)c(-c4ccc(CCCCCC)s4)c4nc(c(-c5ccc(C(=O)O)cc5)c5ccc2[nH]5)C=C4)C=C3)s1. The van der Waals surface area contributed by atoms with E-state index in [4.69, 9.17) is 9.97 Å². The number of aryl methyl sites for hydroxylation is 3. The summed E-state index contributed by atoms with van der Waals surface area (Å²) < 4.78 is 0. The smallest absolute Gasteiger partial charge is 0.335 e. The lowest BCUT2D eigenvalue weighted by molar-refractivity contribution is 0.0697. The van der Waals surface area contributed by atoms with Gasteiger partial charge in [0.2, 0.25) is 0 Å². The number of nitrogens with zero attached hydrogens (tertiary/aromatic N) is 2. The van der Waals surface area contributed by atoms with Gasteiger partial charge in [-0.3, -0.25) is 0 Å². The highest BCUT2D eigenvalue weighted by atomic mass is 32.1. The van der Waals surface area contributed by atoms with Crippen LogP contribution in [0.1, 0.15) is 146 Å². The Balaban J connectivity index is 1.31. The molecular formula is C57H60N4O2S3. The number of fused-ring (bicyclic) bond motifs is 8. The van der Waals surface area contributed by atoms with Crippen molar-refractivity contribution in [1.82, 2.24) is 19.9 Å². The van der Waals surface area contributed by atoms with Crippen molar-refractivity contribution in [2.45, 2.75) is 117 Å². The minimum atomic E-state index is -0.950. The van der Waals surface area contributed by atoms with Crippen LogP contribution in [0.15, 0.2) is 84.9 Å². The topological polar surface area (TPSA) is 94.7 Å². The van der Waals surface area contributed by atoms with Crippen molar-refractivity contribution in [3.63, 3.8) is 0 Å². The monoisotopic (exact) mass is 928 g/mol. The molecule has 0 aliphatic carbocycles. The molecule has 0 unspecified atom stereocenters. The van der Waals surface area contributed by atoms with Crippen molar-refractivity contribution in [3.8, 4) is 42.4 Å². The summed E-state index contributed by atoms with van der Waals surface area (Å²) in [6, 6.07) is 29.7. The van der Waals surface area contributed by atoms with E-state index in [-0.39, 0.29) is 5.56 Å². The number of hydrogen-bond donors (Lipinski definition) is 3. The first-order chi connectivity index (χ1) is 32.4. The van der Waals surface area contributed by atoms with Crippen molar-refractivity contribution in [2.75, 3.05) is 0 Å². The number of carboxylic acids is 1. The summed E-state index contributed by atoms with van der Waals surface area (Å²) in [6.45, 7) is 6.80. The van der Waals surface area contributed by atoms with E-state index in [1.54, 1.807) is 12.1 Å². The van der Waals surface area contributed by atoms with Crippen LogP contribution < -0.4 is 0 Å². The highest BCUT2D eigenvalue weighted by Gasteiger charge is 2.21. The van der Waals surface area contributed by atoms with Crippen LogP contribution in [-0.4, -0.2) is 31.0 Å². The lowest BCUT2D eigenvalue weighted by Gasteiger charge is -2.06. The standard InChI is InChI=1S/C57H60N4O2S3/c1-4-7-10-13-16-39-23-34-50(64-39)54-44-28-26-42(58-44)53(37-19-21-38(22-20-37)57(62)63)43-27-29-45(59-43)55(51-35-24-40(65-51)17-14-11-8-5-2)47-31-33-49(61-47)56(48-32-30-46(54)60-48)52-36-25-41(66-52)18-15-12-9-6-3/h19-36,58,61H,4-18H2,1-3H3,(H,62,63). The summed E-state index contributed by atoms with van der Waals surface area (Å²) in [7, 11) is 0. The molecule has 66 heavy (non-hydrogen) atoms. The fraction of sp³-hybridized carbons (Fsp3) is 0.316. The van der Waals surface area contributed by atoms with Crippen LogP contribution in [0.2, 0.25) is 0 Å². The molecule has 6 aromatic heterocycles. The molecule has 8 bridgehead atoms. The van der Waals surface area contributed by atoms with E-state index in [1.807, 2.05) is 46.1 Å². The maximum Gasteiger partial charge on any atom is 0.335 e. The first kappa shape index (κ1) is 45.5. The molecule has 2 aliphatic rings. The maximum atomic E-state index is 12.0. The van der Waals surface area contributed by atoms with Gasteiger partial charge in [-0.25, -0.2) is 14.8 Å². The summed E-state index contributed by atoms with van der Waals surface area (Å²) in [5.74, 6) is -0.950. The average molecular weight is 929 g/mol. The van der Waals surface area contributed by atoms with Crippen molar-refractivity contribution in [1.29, 1.82) is 0 Å². The lowest BCUT2D eigenvalue weighted by Crippen LogP contribution is -1.95. The minimum Gasteiger partial charge on any atom is -0.478 e. The molecule has 0 spiro atoms. The predicted molar refractivity (Wildman–Crippen MR) is 285 cm³/mol. The average Bonchev–Trinajstić information content (AvgIpc) is 4.18. The quantitative estimate of drug-likeness (QED) is 0.0664. The molecule has 0 saturated heterocycles. The zero-order valence-corrected chi connectivity index (χ0v) is 40.9. The summed E-state index contributed by atoms with van der Waals surface area (Å²) in [6.07, 6.45) is 26.7. The number of benzene rings is 1. The number of unbranched alkanes of at least 4 members (excludes halogenated alkanes) is 9. The van der Waals surface area contributed by atoms with Crippen LogP contribution in [0, 0.1) is 0 Å². The Bertz CT molecular complexity index is 3000. The molecule has 9 rings (SSSR count). The summed E-state index contributed by atoms with van der Waals surface area (Å²) in [5, 5.41) is 9.84. The number of rotatable bonds is 20. The molecule has 3 N–H and O–H groups in total. The fourth-order valence-corrected chi connectivity index (χ4v) is 12.5. The van der Waals surface area contributed by atoms with E-state index in [1.165, 1.54) is 106 Å². The number of hydrogen-bond acceptors (Lipinski definition) is 6. The molecule has 7 aromatic rings. The number of carbonyl (C=O) groups is 1. The lowest BCUT2D eigenvalue weighted by atomic mass is 10.0. The third kappa shape index (κ3) is 10.2. The Morgan fingerprint density at radius 3 is 1.14 bits per heavy atom. The number of carboxylic acid groups (broad SMARTS) is 1. The number of aromatic carboxylic acids is 1. The van der Waals surface area contributed by atoms with Gasteiger partial charge in [0, 0.05) is 73.6 Å². The van der Waals surface area contributed by atoms with Gasteiger partial charge in [0.15, 0.2) is 0 Å². The van der Waals surface area contributed by atoms with E-state index in [9.17, 15) is 9.90 Å². The third-order valence-corrected chi connectivity index (χ3v) is 16.2. The normalized spacial score (nSPS) is 12.2. The highest BCUT2D eigenvalue weighted by molar-refractivity contribution is 7.16. The number of aromatic nitrogens is 4. The zero-order chi connectivity index (χ0) is 45.4. The zero-order valence-electron chi connectivity index (χ0n) is 38.5. The van der Waals surface area contributed by atoms with Crippen LogP contribution >= 0.6 is 34.0 Å². The molecule has 8 heterocycles. The van der Waals surface area contributed by atoms with Gasteiger partial charge in [-0.15, -0.1) is 34.0 Å². The second kappa shape index (κ2) is 21.3. The maximum absolute atomic E-state index is 12.0. The van der Waals surface area contributed by atoms with Gasteiger partial charge in [0.05, 0.1) is 28.3 Å². The second-order valence-corrected chi connectivity index (χ2v) is 21.1. The van der Waals surface area contributed by atoms with Crippen LogP contribution in [0.25, 0.3) is 88.8 Å². The van der Waals surface area contributed by atoms with Crippen LogP contribution in [0.4, 0.5) is 0 Å². The summed E-state index contributed by atoms with van der Waals surface area (Å²) in [5.41, 5.74) is 12.7. The Morgan fingerprint density at radius 2 is 0.788 bits per heavy atom. The minimum absolute atomic E-state index is 0.246. The van der Waals surface area contributed by atoms with Crippen molar-refractivity contribution in [3.05, 3.63) is 128 Å². The molecule has 0 radical (unpaired) electrons. The Hall–Kier alpha value is -5.61. The van der Waals surface area contributed by atoms with Crippen molar-refractivity contribution >= 4 is 86.4 Å². The van der Waals surface area contributed by atoms with Gasteiger partial charge in [-0.05, 0) is 141 Å². The predicted octanol–water partition coefficient (Wildman–Crippen LogP) is 17.6. The van der Waals surface area contributed by atoms with Crippen LogP contribution in [0.5, 0.6) is 0 Å². The number of nitrogens with one attached hydrogen (secondary N) is 2. The van der Waals surface area contributed by atoms with E-state index >= 15 is 0 Å². The molecule has 1 aromatic carbocycles. The number of thiophene rings is 3. The van der Waals surface area contributed by atoms with Gasteiger partial charge in [-0.1, -0.05) is 90.7 Å². The second-order valence-electron chi connectivity index (χ2n) is 17.6. The first-order valence-corrected chi connectivity index (χ1v) is 26.6. The highest BCUT2D eigenvalue weighted by Crippen LogP contribution is 2.42. The van der Waals surface area contributed by atoms with Gasteiger partial charge >= 0.3 is 5.97 Å². The number of H-pyrrole nitrogens is 2. The Morgan fingerprint density at radius 1 is 0.439 bits per heavy atom. The van der Waals surface area contributed by atoms with Crippen molar-refractivity contribution in [2.24, 2.45) is 0 Å². The van der Waals surface area contributed by atoms with Crippen molar-refractivity contribution < 1.29 is 9.90 Å². The molecule has 0 fully saturated rings. The van der Waals surface area contributed by atoms with Gasteiger partial charge in [0.1, 0.15) is 0 Å². The molecule has 6 nitrogen and oxygen atoms in total. The Labute approximate surface area is 401 Å². The third-order valence-electron chi connectivity index (χ3n) is 12.7. The molecule has 0 saturated carbocycles. The summed E-state index contributed by atoms with van der Waals surface area (Å²) >= 11 is 5.61. The van der Waals surface area contributed by atoms with E-state index in [0.717, 1.165) is 91.9 Å². The van der Waals surface area contributed by atoms with Gasteiger partial charge in [-0.2, -0.15) is 0 Å². The molecule has 0 amide bonds. The molecule has 0 atom stereocenters. The van der Waals surface area contributed by atoms with E-state index < -0.39 is 5.97 Å². The largest absolute Gasteiger partial charge is 0.478 e. The fourth-order valence-electron chi connectivity index (χ4n) is 9.18. The first-order valence-electron chi connectivity index (χ1n) is 24.2. The van der Waals surface area contributed by atoms with Gasteiger partial charge in [0.25, 0.3) is 0 Å². The Kier molecular flexibility index (Phi) is 14.7. The van der Waals surface area contributed by atoms with Crippen LogP contribution in [0.3, 0.4) is 0 Å². The van der Waals surface area contributed by atoms with Gasteiger partial charge < -0.3 is 15.1 Å². The molecule has 338 valence electrons. The molecule has 9 heteroatoms. The number of aromatic amines is 2. The molecular weight excluding hydrogens is 869 g/mol. The summed E-state index contributed by atoms with van der Waals surface area (Å²) in [4.78, 5) is 38.6. The van der Waals surface area contributed by atoms with E-state index in [2.05, 4.69) is 116 Å². The van der Waals surface area contributed by atoms with E-state index in [0.29, 0.717) is 0 Å². The van der Waals surface area contributed by atoms with Crippen LogP contribution in [-0.2, 0) is 19.3 Å². The molecule has 2 aliphatic heterocycles.